The topological polar surface area (TPSA) is 46.2 Å². The van der Waals surface area contributed by atoms with Crippen molar-refractivity contribution in [1.29, 1.82) is 0 Å². The molecule has 1 saturated carbocycles. The van der Waals surface area contributed by atoms with Gasteiger partial charge in [0.05, 0.1) is 6.04 Å². The normalized spacial score (nSPS) is 24.0. The second kappa shape index (κ2) is 8.99. The number of carbonyl (C=O) groups is 2. The Balaban J connectivity index is 2.18. The van der Waals surface area contributed by atoms with E-state index in [4.69, 9.17) is 0 Å². The number of ketones is 1. The molecule has 0 bridgehead atoms. The molecule has 0 radical (unpaired) electrons. The predicted octanol–water partition coefficient (Wildman–Crippen LogP) is 5.25. The molecule has 1 aromatic rings. The first-order valence-electron chi connectivity index (χ1n) is 10.2. The molecule has 1 N–H and O–H groups in total. The van der Waals surface area contributed by atoms with Gasteiger partial charge in [0.25, 0.3) is 0 Å². The molecule has 3 nitrogen and oxygen atoms in total. The number of Topliss-reactive ketones (excluding diaryl/α,β-unsaturated/α-hetero) is 1. The smallest absolute Gasteiger partial charge is 0.217 e. The van der Waals surface area contributed by atoms with E-state index in [9.17, 15) is 14.0 Å². The van der Waals surface area contributed by atoms with Gasteiger partial charge in [0.2, 0.25) is 5.91 Å². The maximum Gasteiger partial charge on any atom is 0.217 e. The minimum Gasteiger partial charge on any atom is -0.346 e. The highest BCUT2D eigenvalue weighted by Gasteiger charge is 2.36. The van der Waals surface area contributed by atoms with Crippen LogP contribution in [0.2, 0.25) is 0 Å². The van der Waals surface area contributed by atoms with E-state index in [-0.39, 0.29) is 34.8 Å². The van der Waals surface area contributed by atoms with Gasteiger partial charge in [0.15, 0.2) is 5.78 Å². The third-order valence-corrected chi connectivity index (χ3v) is 6.13. The van der Waals surface area contributed by atoms with Crippen molar-refractivity contribution in [2.75, 3.05) is 0 Å². The lowest BCUT2D eigenvalue weighted by Gasteiger charge is -2.39. The van der Waals surface area contributed by atoms with Crippen LogP contribution in [0.1, 0.15) is 78.2 Å². The van der Waals surface area contributed by atoms with Gasteiger partial charge in [-0.05, 0) is 60.6 Å². The van der Waals surface area contributed by atoms with E-state index in [1.807, 2.05) is 26.0 Å². The summed E-state index contributed by atoms with van der Waals surface area (Å²) in [5, 5.41) is 2.85. The minimum atomic E-state index is -0.413. The van der Waals surface area contributed by atoms with Crippen LogP contribution in [0.4, 0.5) is 4.39 Å². The van der Waals surface area contributed by atoms with Crippen LogP contribution in [0.5, 0.6) is 0 Å². The van der Waals surface area contributed by atoms with E-state index >= 15 is 0 Å². The largest absolute Gasteiger partial charge is 0.346 e. The number of carbonyl (C=O) groups excluding carboxylic acids is 2. The van der Waals surface area contributed by atoms with Crippen LogP contribution in [0, 0.1) is 23.1 Å². The highest BCUT2D eigenvalue weighted by molar-refractivity contribution is 5.90. The standard InChI is InChI=1S/C23H34FNO2/c1-15(2)21(25-16(3)26)22(27)18-7-6-14-23(4,5)20(13-10-18)17-8-11-19(24)12-9-17/h8-9,11-12,15,18,20-21H,6-7,10,13-14H2,1-5H3,(H,25,26)/t18?,20?,21-/m1/s1. The maximum absolute atomic E-state index is 13.3. The van der Waals surface area contributed by atoms with E-state index in [1.54, 1.807) is 0 Å². The third-order valence-electron chi connectivity index (χ3n) is 6.13. The van der Waals surface area contributed by atoms with Crippen molar-refractivity contribution in [3.05, 3.63) is 35.6 Å². The van der Waals surface area contributed by atoms with Crippen LogP contribution in [-0.2, 0) is 9.59 Å². The Bertz CT molecular complexity index is 651. The van der Waals surface area contributed by atoms with Crippen molar-refractivity contribution in [1.82, 2.24) is 5.32 Å². The SMILES string of the molecule is CC(=O)N[C@@H](C(=O)C1CCCC(C)(C)C(c2ccc(F)cc2)CC1)C(C)C. The molecule has 1 aromatic carbocycles. The van der Waals surface area contributed by atoms with Crippen molar-refractivity contribution < 1.29 is 14.0 Å². The van der Waals surface area contributed by atoms with Crippen LogP contribution in [0.25, 0.3) is 0 Å². The Kier molecular flexibility index (Phi) is 7.19. The van der Waals surface area contributed by atoms with Gasteiger partial charge in [0, 0.05) is 12.8 Å². The van der Waals surface area contributed by atoms with Crippen molar-refractivity contribution in [3.8, 4) is 0 Å². The van der Waals surface area contributed by atoms with E-state index in [2.05, 4.69) is 19.2 Å². The summed E-state index contributed by atoms with van der Waals surface area (Å²) in [5.74, 6) is 0.146. The molecular weight excluding hydrogens is 341 g/mol. The zero-order valence-electron chi connectivity index (χ0n) is 17.3. The quantitative estimate of drug-likeness (QED) is 0.764. The molecule has 27 heavy (non-hydrogen) atoms. The maximum atomic E-state index is 13.3. The summed E-state index contributed by atoms with van der Waals surface area (Å²) in [7, 11) is 0. The third kappa shape index (κ3) is 5.63. The monoisotopic (exact) mass is 375 g/mol. The van der Waals surface area contributed by atoms with Crippen molar-refractivity contribution in [2.24, 2.45) is 17.3 Å². The van der Waals surface area contributed by atoms with Gasteiger partial charge >= 0.3 is 0 Å². The molecule has 0 heterocycles. The summed E-state index contributed by atoms with van der Waals surface area (Å²) in [6, 6.07) is 6.41. The molecule has 0 saturated heterocycles. The van der Waals surface area contributed by atoms with Crippen LogP contribution < -0.4 is 5.32 Å². The van der Waals surface area contributed by atoms with Gasteiger partial charge in [-0.3, -0.25) is 9.59 Å². The number of nitrogens with one attached hydrogen (secondary N) is 1. The molecule has 150 valence electrons. The van der Waals surface area contributed by atoms with E-state index in [0.717, 1.165) is 37.7 Å². The lowest BCUT2D eigenvalue weighted by Crippen LogP contribution is -2.46. The van der Waals surface area contributed by atoms with Crippen LogP contribution in [0.15, 0.2) is 24.3 Å². The van der Waals surface area contributed by atoms with Crippen molar-refractivity contribution in [2.45, 2.75) is 78.7 Å². The summed E-state index contributed by atoms with van der Waals surface area (Å²) >= 11 is 0. The average Bonchev–Trinajstić information content (AvgIpc) is 2.57. The van der Waals surface area contributed by atoms with Crippen LogP contribution >= 0.6 is 0 Å². The highest BCUT2D eigenvalue weighted by Crippen LogP contribution is 2.45. The summed E-state index contributed by atoms with van der Waals surface area (Å²) in [6.45, 7) is 9.97. The Labute approximate surface area is 163 Å². The van der Waals surface area contributed by atoms with Gasteiger partial charge in [-0.25, -0.2) is 4.39 Å². The molecule has 0 aromatic heterocycles. The lowest BCUT2D eigenvalue weighted by molar-refractivity contribution is -0.131. The fourth-order valence-electron chi connectivity index (χ4n) is 4.52. The van der Waals surface area contributed by atoms with Gasteiger partial charge in [-0.2, -0.15) is 0 Å². The Hall–Kier alpha value is -1.71. The summed E-state index contributed by atoms with van der Waals surface area (Å²) in [6.07, 6.45) is 4.62. The molecule has 0 spiro atoms. The molecule has 4 heteroatoms. The summed E-state index contributed by atoms with van der Waals surface area (Å²) < 4.78 is 13.3. The first kappa shape index (κ1) is 21.6. The van der Waals surface area contributed by atoms with Crippen molar-refractivity contribution in [3.63, 3.8) is 0 Å². The summed E-state index contributed by atoms with van der Waals surface area (Å²) in [4.78, 5) is 24.6. The number of hydrogen-bond donors (Lipinski definition) is 1. The second-order valence-electron chi connectivity index (χ2n) is 9.08. The van der Waals surface area contributed by atoms with Gasteiger partial charge in [-0.1, -0.05) is 46.2 Å². The number of halogens is 1. The van der Waals surface area contributed by atoms with Gasteiger partial charge < -0.3 is 5.32 Å². The number of hydrogen-bond acceptors (Lipinski definition) is 2. The lowest BCUT2D eigenvalue weighted by atomic mass is 9.66. The van der Waals surface area contributed by atoms with E-state index in [1.165, 1.54) is 19.1 Å². The fraction of sp³-hybridized carbons (Fsp3) is 0.652. The molecule has 2 rings (SSSR count). The van der Waals surface area contributed by atoms with E-state index in [0.29, 0.717) is 5.92 Å². The fourth-order valence-corrected chi connectivity index (χ4v) is 4.52. The zero-order valence-corrected chi connectivity index (χ0v) is 17.3. The molecule has 2 unspecified atom stereocenters. The van der Waals surface area contributed by atoms with Gasteiger partial charge in [-0.15, -0.1) is 0 Å². The molecule has 1 amide bonds. The Morgan fingerprint density at radius 2 is 1.74 bits per heavy atom. The first-order chi connectivity index (χ1) is 12.6. The molecule has 1 aliphatic rings. The molecular formula is C23H34FNO2. The molecule has 3 atom stereocenters. The Morgan fingerprint density at radius 3 is 2.30 bits per heavy atom. The molecule has 1 fully saturated rings. The Morgan fingerprint density at radius 1 is 1.11 bits per heavy atom. The number of benzene rings is 1. The van der Waals surface area contributed by atoms with Crippen molar-refractivity contribution >= 4 is 11.7 Å². The number of amides is 1. The second-order valence-corrected chi connectivity index (χ2v) is 9.08. The van der Waals surface area contributed by atoms with Gasteiger partial charge in [0.1, 0.15) is 5.82 Å². The average molecular weight is 376 g/mol. The van der Waals surface area contributed by atoms with Crippen LogP contribution in [-0.4, -0.2) is 17.7 Å². The van der Waals surface area contributed by atoms with Crippen LogP contribution in [0.3, 0.4) is 0 Å². The van der Waals surface area contributed by atoms with E-state index < -0.39 is 6.04 Å². The number of rotatable bonds is 5. The summed E-state index contributed by atoms with van der Waals surface area (Å²) in [5.41, 5.74) is 1.26. The zero-order chi connectivity index (χ0) is 20.2. The molecule has 1 aliphatic carbocycles. The minimum absolute atomic E-state index is 0.0247. The first-order valence-corrected chi connectivity index (χ1v) is 10.2. The molecule has 0 aliphatic heterocycles. The highest BCUT2D eigenvalue weighted by atomic mass is 19.1. The predicted molar refractivity (Wildman–Crippen MR) is 107 cm³/mol.